The van der Waals surface area contributed by atoms with Crippen LogP contribution in [0.25, 0.3) is 0 Å². The molecule has 114 valence electrons. The normalized spacial score (nSPS) is 28.3. The number of hydrogen-bond donors (Lipinski definition) is 1. The van der Waals surface area contributed by atoms with E-state index >= 15 is 0 Å². The molecular weight excluding hydrogens is 234 g/mol. The van der Waals surface area contributed by atoms with E-state index in [2.05, 4.69) is 40.1 Å². The fourth-order valence-electron chi connectivity index (χ4n) is 3.26. The van der Waals surface area contributed by atoms with Crippen molar-refractivity contribution in [3.63, 3.8) is 0 Å². The topological polar surface area (TPSA) is 21.3 Å². The summed E-state index contributed by atoms with van der Waals surface area (Å²) in [6.07, 6.45) is 6.54. The van der Waals surface area contributed by atoms with E-state index in [0.717, 1.165) is 36.9 Å². The summed E-state index contributed by atoms with van der Waals surface area (Å²) in [4.78, 5) is 0. The molecule has 0 spiro atoms. The Morgan fingerprint density at radius 2 is 1.84 bits per heavy atom. The first kappa shape index (κ1) is 17.0. The van der Waals surface area contributed by atoms with E-state index in [4.69, 9.17) is 4.74 Å². The Hall–Kier alpha value is -0.0800. The van der Waals surface area contributed by atoms with Gasteiger partial charge in [0.25, 0.3) is 0 Å². The summed E-state index contributed by atoms with van der Waals surface area (Å²) in [7, 11) is 2.12. The van der Waals surface area contributed by atoms with Gasteiger partial charge < -0.3 is 10.1 Å². The van der Waals surface area contributed by atoms with Gasteiger partial charge in [-0.1, -0.05) is 27.7 Å². The minimum Gasteiger partial charge on any atom is -0.381 e. The predicted octanol–water partition coefficient (Wildman–Crippen LogP) is 4.10. The molecule has 0 aromatic carbocycles. The van der Waals surface area contributed by atoms with E-state index in [-0.39, 0.29) is 0 Å². The van der Waals surface area contributed by atoms with Crippen molar-refractivity contribution < 1.29 is 4.74 Å². The van der Waals surface area contributed by atoms with Gasteiger partial charge in [-0.2, -0.15) is 0 Å². The molecule has 0 aromatic heterocycles. The van der Waals surface area contributed by atoms with Gasteiger partial charge in [0.15, 0.2) is 0 Å². The van der Waals surface area contributed by atoms with E-state index < -0.39 is 0 Å². The molecule has 1 aliphatic carbocycles. The quantitative estimate of drug-likeness (QED) is 0.670. The maximum Gasteiger partial charge on any atom is 0.0469 e. The molecule has 2 nitrogen and oxygen atoms in total. The molecule has 0 aromatic rings. The standard InChI is InChI=1S/C17H35NO/c1-13(2)8-10-19-11-9-16-12-15(14(3)4)6-7-17(16)18-5/h13-18H,6-12H2,1-5H3. The number of rotatable bonds is 8. The van der Waals surface area contributed by atoms with Crippen molar-refractivity contribution in [2.75, 3.05) is 20.3 Å². The molecule has 19 heavy (non-hydrogen) atoms. The lowest BCUT2D eigenvalue weighted by Crippen LogP contribution is -2.40. The third-order valence-electron chi connectivity index (χ3n) is 4.81. The molecule has 2 heteroatoms. The van der Waals surface area contributed by atoms with E-state index in [1.807, 2.05) is 0 Å². The molecule has 1 saturated carbocycles. The van der Waals surface area contributed by atoms with Crippen LogP contribution >= 0.6 is 0 Å². The minimum atomic E-state index is 0.712. The number of hydrogen-bond acceptors (Lipinski definition) is 2. The first-order valence-corrected chi connectivity index (χ1v) is 8.29. The Morgan fingerprint density at radius 1 is 1.11 bits per heavy atom. The summed E-state index contributed by atoms with van der Waals surface area (Å²) in [6, 6.07) is 0.712. The summed E-state index contributed by atoms with van der Waals surface area (Å²) < 4.78 is 5.81. The number of ether oxygens (including phenoxy) is 1. The predicted molar refractivity (Wildman–Crippen MR) is 83.4 cm³/mol. The summed E-state index contributed by atoms with van der Waals surface area (Å²) in [5, 5.41) is 3.52. The molecule has 0 heterocycles. The number of nitrogens with one attached hydrogen (secondary N) is 1. The SMILES string of the molecule is CNC1CCC(C(C)C)CC1CCOCCC(C)C. The van der Waals surface area contributed by atoms with Gasteiger partial charge in [0.1, 0.15) is 0 Å². The van der Waals surface area contributed by atoms with E-state index in [1.165, 1.54) is 32.1 Å². The molecule has 3 atom stereocenters. The van der Waals surface area contributed by atoms with Crippen LogP contribution in [0.2, 0.25) is 0 Å². The van der Waals surface area contributed by atoms with Crippen molar-refractivity contribution >= 4 is 0 Å². The van der Waals surface area contributed by atoms with Gasteiger partial charge in [0.2, 0.25) is 0 Å². The fraction of sp³-hybridized carbons (Fsp3) is 1.00. The largest absolute Gasteiger partial charge is 0.381 e. The van der Waals surface area contributed by atoms with Crippen LogP contribution in [-0.2, 0) is 4.74 Å². The van der Waals surface area contributed by atoms with Crippen LogP contribution in [0.1, 0.15) is 59.8 Å². The second-order valence-electron chi connectivity index (χ2n) is 7.06. The molecule has 1 N–H and O–H groups in total. The molecule has 1 aliphatic rings. The summed E-state index contributed by atoms with van der Waals surface area (Å²) >= 11 is 0. The van der Waals surface area contributed by atoms with Crippen LogP contribution in [0.5, 0.6) is 0 Å². The molecule has 0 bridgehead atoms. The smallest absolute Gasteiger partial charge is 0.0469 e. The van der Waals surface area contributed by atoms with Crippen molar-refractivity contribution in [2.45, 2.75) is 65.8 Å². The lowest BCUT2D eigenvalue weighted by molar-refractivity contribution is 0.0851. The average Bonchev–Trinajstić information content (AvgIpc) is 2.37. The van der Waals surface area contributed by atoms with Crippen molar-refractivity contribution in [1.82, 2.24) is 5.32 Å². The average molecular weight is 269 g/mol. The van der Waals surface area contributed by atoms with Gasteiger partial charge >= 0.3 is 0 Å². The Bertz CT molecular complexity index is 227. The maximum atomic E-state index is 5.81. The Kier molecular flexibility index (Phi) is 8.01. The molecule has 1 rings (SSSR count). The second kappa shape index (κ2) is 8.97. The molecular formula is C17H35NO. The molecule has 0 saturated heterocycles. The maximum absolute atomic E-state index is 5.81. The highest BCUT2D eigenvalue weighted by molar-refractivity contribution is 4.85. The Labute approximate surface area is 120 Å². The van der Waals surface area contributed by atoms with Crippen LogP contribution in [0.15, 0.2) is 0 Å². The third kappa shape index (κ3) is 6.27. The van der Waals surface area contributed by atoms with Gasteiger partial charge in [-0.05, 0) is 62.8 Å². The lowest BCUT2D eigenvalue weighted by Gasteiger charge is -2.38. The first-order valence-electron chi connectivity index (χ1n) is 8.29. The van der Waals surface area contributed by atoms with Crippen LogP contribution in [-0.4, -0.2) is 26.3 Å². The Balaban J connectivity index is 2.27. The zero-order valence-corrected chi connectivity index (χ0v) is 13.7. The van der Waals surface area contributed by atoms with Crippen molar-refractivity contribution in [3.05, 3.63) is 0 Å². The van der Waals surface area contributed by atoms with Crippen LogP contribution < -0.4 is 5.32 Å². The monoisotopic (exact) mass is 269 g/mol. The van der Waals surface area contributed by atoms with Crippen LogP contribution in [0, 0.1) is 23.7 Å². The van der Waals surface area contributed by atoms with Crippen LogP contribution in [0.3, 0.4) is 0 Å². The second-order valence-corrected chi connectivity index (χ2v) is 7.06. The molecule has 0 aliphatic heterocycles. The molecule has 3 unspecified atom stereocenters. The first-order chi connectivity index (χ1) is 9.04. The van der Waals surface area contributed by atoms with Crippen molar-refractivity contribution in [3.8, 4) is 0 Å². The van der Waals surface area contributed by atoms with E-state index in [1.54, 1.807) is 0 Å². The van der Waals surface area contributed by atoms with Gasteiger partial charge in [0, 0.05) is 19.3 Å². The fourth-order valence-corrected chi connectivity index (χ4v) is 3.26. The minimum absolute atomic E-state index is 0.712. The zero-order chi connectivity index (χ0) is 14.3. The highest BCUT2D eigenvalue weighted by atomic mass is 16.5. The molecule has 0 radical (unpaired) electrons. The highest BCUT2D eigenvalue weighted by Crippen LogP contribution is 2.35. The van der Waals surface area contributed by atoms with Crippen LogP contribution in [0.4, 0.5) is 0 Å². The van der Waals surface area contributed by atoms with Crippen molar-refractivity contribution in [2.24, 2.45) is 23.7 Å². The Morgan fingerprint density at radius 3 is 2.42 bits per heavy atom. The molecule has 0 amide bonds. The van der Waals surface area contributed by atoms with Crippen molar-refractivity contribution in [1.29, 1.82) is 0 Å². The van der Waals surface area contributed by atoms with Gasteiger partial charge in [-0.25, -0.2) is 0 Å². The van der Waals surface area contributed by atoms with E-state index in [9.17, 15) is 0 Å². The summed E-state index contributed by atoms with van der Waals surface area (Å²) in [6.45, 7) is 11.1. The summed E-state index contributed by atoms with van der Waals surface area (Å²) in [5.74, 6) is 3.32. The van der Waals surface area contributed by atoms with Gasteiger partial charge in [0.05, 0.1) is 0 Å². The zero-order valence-electron chi connectivity index (χ0n) is 13.7. The third-order valence-corrected chi connectivity index (χ3v) is 4.81. The van der Waals surface area contributed by atoms with Gasteiger partial charge in [-0.3, -0.25) is 0 Å². The van der Waals surface area contributed by atoms with Gasteiger partial charge in [-0.15, -0.1) is 0 Å². The highest BCUT2D eigenvalue weighted by Gasteiger charge is 2.30. The van der Waals surface area contributed by atoms with E-state index in [0.29, 0.717) is 6.04 Å². The molecule has 1 fully saturated rings. The lowest BCUT2D eigenvalue weighted by atomic mass is 9.72. The summed E-state index contributed by atoms with van der Waals surface area (Å²) in [5.41, 5.74) is 0.